The fraction of sp³-hybridized carbons (Fsp3) is 0.600. The predicted molar refractivity (Wildman–Crippen MR) is 79.6 cm³/mol. The summed E-state index contributed by atoms with van der Waals surface area (Å²) in [5.74, 6) is 0.943. The maximum absolute atomic E-state index is 11.6. The molecule has 1 aliphatic rings. The SMILES string of the molecule is CCC1CCCCC1Nc1cc(C(=O)OC)c(N)cn1. The molecule has 1 aromatic heterocycles. The third-order valence-electron chi connectivity index (χ3n) is 4.11. The number of aromatic nitrogens is 1. The van der Waals surface area contributed by atoms with Gasteiger partial charge in [0.05, 0.1) is 24.6 Å². The molecule has 1 aliphatic carbocycles. The summed E-state index contributed by atoms with van der Waals surface area (Å²) in [7, 11) is 1.35. The smallest absolute Gasteiger partial charge is 0.340 e. The minimum absolute atomic E-state index is 0.345. The molecule has 20 heavy (non-hydrogen) atoms. The number of ether oxygens (including phenoxy) is 1. The Labute approximate surface area is 119 Å². The van der Waals surface area contributed by atoms with E-state index < -0.39 is 5.97 Å². The van der Waals surface area contributed by atoms with Crippen LogP contribution in [0.15, 0.2) is 12.3 Å². The molecule has 0 saturated heterocycles. The van der Waals surface area contributed by atoms with Crippen LogP contribution in [0.5, 0.6) is 0 Å². The van der Waals surface area contributed by atoms with Crippen LogP contribution in [0.3, 0.4) is 0 Å². The highest BCUT2D eigenvalue weighted by atomic mass is 16.5. The molecule has 5 nitrogen and oxygen atoms in total. The molecule has 0 radical (unpaired) electrons. The number of pyridine rings is 1. The van der Waals surface area contributed by atoms with Crippen LogP contribution < -0.4 is 11.1 Å². The zero-order valence-electron chi connectivity index (χ0n) is 12.2. The molecule has 5 heteroatoms. The molecular weight excluding hydrogens is 254 g/mol. The number of nitrogens with one attached hydrogen (secondary N) is 1. The number of nitrogen functional groups attached to an aromatic ring is 1. The van der Waals surface area contributed by atoms with Crippen molar-refractivity contribution < 1.29 is 9.53 Å². The van der Waals surface area contributed by atoms with Gasteiger partial charge in [0.15, 0.2) is 0 Å². The van der Waals surface area contributed by atoms with Gasteiger partial charge in [0.2, 0.25) is 0 Å². The molecule has 1 saturated carbocycles. The van der Waals surface area contributed by atoms with Crippen LogP contribution >= 0.6 is 0 Å². The van der Waals surface area contributed by atoms with Crippen LogP contribution in [0.1, 0.15) is 49.4 Å². The summed E-state index contributed by atoms with van der Waals surface area (Å²) in [5, 5.41) is 3.45. The lowest BCUT2D eigenvalue weighted by molar-refractivity contribution is 0.0602. The highest BCUT2D eigenvalue weighted by Crippen LogP contribution is 2.29. The molecular formula is C15H23N3O2. The van der Waals surface area contributed by atoms with Gasteiger partial charge in [-0.15, -0.1) is 0 Å². The van der Waals surface area contributed by atoms with E-state index in [0.717, 1.165) is 12.8 Å². The van der Waals surface area contributed by atoms with Crippen molar-refractivity contribution in [2.45, 2.75) is 45.1 Å². The highest BCUT2D eigenvalue weighted by Gasteiger charge is 2.24. The molecule has 2 unspecified atom stereocenters. The van der Waals surface area contributed by atoms with Crippen LogP contribution in [0.25, 0.3) is 0 Å². The van der Waals surface area contributed by atoms with Crippen molar-refractivity contribution in [3.05, 3.63) is 17.8 Å². The van der Waals surface area contributed by atoms with Crippen LogP contribution in [-0.4, -0.2) is 24.1 Å². The first-order valence-corrected chi connectivity index (χ1v) is 7.26. The second-order valence-corrected chi connectivity index (χ2v) is 5.35. The molecule has 2 atom stereocenters. The van der Waals surface area contributed by atoms with E-state index in [1.165, 1.54) is 32.6 Å². The molecule has 0 aliphatic heterocycles. The average Bonchev–Trinajstić information content (AvgIpc) is 2.49. The molecule has 0 aromatic carbocycles. The second-order valence-electron chi connectivity index (χ2n) is 5.35. The lowest BCUT2D eigenvalue weighted by Gasteiger charge is -2.32. The third-order valence-corrected chi connectivity index (χ3v) is 4.11. The largest absolute Gasteiger partial charge is 0.465 e. The number of rotatable bonds is 4. The lowest BCUT2D eigenvalue weighted by atomic mass is 9.83. The van der Waals surface area contributed by atoms with Crippen LogP contribution in [0.2, 0.25) is 0 Å². The van der Waals surface area contributed by atoms with Gasteiger partial charge in [-0.2, -0.15) is 0 Å². The molecule has 0 amide bonds. The number of nitrogens with zero attached hydrogens (tertiary/aromatic N) is 1. The van der Waals surface area contributed by atoms with Crippen molar-refractivity contribution in [1.29, 1.82) is 0 Å². The summed E-state index contributed by atoms with van der Waals surface area (Å²) in [6.07, 6.45) is 7.63. The number of nitrogens with two attached hydrogens (primary N) is 1. The fourth-order valence-electron chi connectivity index (χ4n) is 2.91. The summed E-state index contributed by atoms with van der Waals surface area (Å²) >= 11 is 0. The topological polar surface area (TPSA) is 77.2 Å². The number of hydrogen-bond acceptors (Lipinski definition) is 5. The molecule has 1 heterocycles. The molecule has 110 valence electrons. The first kappa shape index (κ1) is 14.6. The van der Waals surface area contributed by atoms with Crippen molar-refractivity contribution in [1.82, 2.24) is 4.98 Å². The number of methoxy groups -OCH3 is 1. The lowest BCUT2D eigenvalue weighted by Crippen LogP contribution is -2.32. The number of hydrogen-bond donors (Lipinski definition) is 2. The van der Waals surface area contributed by atoms with Crippen LogP contribution in [0.4, 0.5) is 11.5 Å². The highest BCUT2D eigenvalue weighted by molar-refractivity contribution is 5.95. The maximum atomic E-state index is 11.6. The summed E-state index contributed by atoms with van der Waals surface area (Å²) in [6, 6.07) is 2.11. The quantitative estimate of drug-likeness (QED) is 0.827. The minimum Gasteiger partial charge on any atom is -0.465 e. The van der Waals surface area contributed by atoms with E-state index in [0.29, 0.717) is 29.0 Å². The van der Waals surface area contributed by atoms with E-state index in [4.69, 9.17) is 10.5 Å². The van der Waals surface area contributed by atoms with Gasteiger partial charge in [0, 0.05) is 6.04 Å². The Morgan fingerprint density at radius 2 is 2.25 bits per heavy atom. The van der Waals surface area contributed by atoms with Crippen molar-refractivity contribution in [3.63, 3.8) is 0 Å². The van der Waals surface area contributed by atoms with E-state index in [-0.39, 0.29) is 0 Å². The standard InChI is InChI=1S/C15H23N3O2/c1-3-10-6-4-5-7-13(10)18-14-8-11(15(19)20-2)12(16)9-17-14/h8-10,13H,3-7,16H2,1-2H3,(H,17,18). The zero-order valence-corrected chi connectivity index (χ0v) is 12.2. The molecule has 1 fully saturated rings. The van der Waals surface area contributed by atoms with Gasteiger partial charge in [0.25, 0.3) is 0 Å². The van der Waals surface area contributed by atoms with Gasteiger partial charge in [-0.05, 0) is 24.8 Å². The Bertz CT molecular complexity index is 476. The van der Waals surface area contributed by atoms with Gasteiger partial charge < -0.3 is 15.8 Å². The maximum Gasteiger partial charge on any atom is 0.340 e. The number of esters is 1. The van der Waals surface area contributed by atoms with Crippen LogP contribution in [0, 0.1) is 5.92 Å². The van der Waals surface area contributed by atoms with E-state index in [2.05, 4.69) is 17.2 Å². The van der Waals surface area contributed by atoms with Gasteiger partial charge in [-0.25, -0.2) is 9.78 Å². The van der Waals surface area contributed by atoms with E-state index in [1.54, 1.807) is 6.07 Å². The first-order chi connectivity index (χ1) is 9.65. The summed E-state index contributed by atoms with van der Waals surface area (Å²) in [5.41, 5.74) is 6.48. The van der Waals surface area contributed by atoms with Gasteiger partial charge in [-0.3, -0.25) is 0 Å². The van der Waals surface area contributed by atoms with Crippen molar-refractivity contribution in [3.8, 4) is 0 Å². The second kappa shape index (κ2) is 6.59. The van der Waals surface area contributed by atoms with Crippen molar-refractivity contribution >= 4 is 17.5 Å². The van der Waals surface area contributed by atoms with E-state index >= 15 is 0 Å². The van der Waals surface area contributed by atoms with Crippen molar-refractivity contribution in [2.75, 3.05) is 18.2 Å². The Morgan fingerprint density at radius 3 is 2.95 bits per heavy atom. The molecule has 0 spiro atoms. The summed E-state index contributed by atoms with van der Waals surface area (Å²) in [6.45, 7) is 2.22. The van der Waals surface area contributed by atoms with Gasteiger partial charge in [0.1, 0.15) is 5.82 Å². The average molecular weight is 277 g/mol. The van der Waals surface area contributed by atoms with Gasteiger partial charge >= 0.3 is 5.97 Å². The number of anilines is 2. The molecule has 1 aromatic rings. The number of carbonyl (C=O) groups is 1. The number of carbonyl (C=O) groups excluding carboxylic acids is 1. The fourth-order valence-corrected chi connectivity index (χ4v) is 2.91. The van der Waals surface area contributed by atoms with E-state index in [9.17, 15) is 4.79 Å². The first-order valence-electron chi connectivity index (χ1n) is 7.26. The molecule has 2 rings (SSSR count). The molecule has 3 N–H and O–H groups in total. The monoisotopic (exact) mass is 277 g/mol. The van der Waals surface area contributed by atoms with E-state index in [1.807, 2.05) is 0 Å². The Kier molecular flexibility index (Phi) is 4.82. The van der Waals surface area contributed by atoms with Gasteiger partial charge in [-0.1, -0.05) is 26.2 Å². The zero-order chi connectivity index (χ0) is 14.5. The van der Waals surface area contributed by atoms with Crippen LogP contribution in [-0.2, 0) is 4.74 Å². The molecule has 0 bridgehead atoms. The Morgan fingerprint density at radius 1 is 1.50 bits per heavy atom. The summed E-state index contributed by atoms with van der Waals surface area (Å²) in [4.78, 5) is 15.9. The Balaban J connectivity index is 2.14. The summed E-state index contributed by atoms with van der Waals surface area (Å²) < 4.78 is 4.73. The van der Waals surface area contributed by atoms with Crippen molar-refractivity contribution in [2.24, 2.45) is 5.92 Å². The third kappa shape index (κ3) is 3.21. The minimum atomic E-state index is -0.427. The normalized spacial score (nSPS) is 22.3. The predicted octanol–water partition coefficient (Wildman–Crippen LogP) is 2.83. The Hall–Kier alpha value is -1.78.